The van der Waals surface area contributed by atoms with Gasteiger partial charge in [0.2, 0.25) is 0 Å². The predicted molar refractivity (Wildman–Crippen MR) is 78.8 cm³/mol. The van der Waals surface area contributed by atoms with Crippen LogP contribution in [0.2, 0.25) is 0 Å². The molecule has 2 rings (SSSR count). The third-order valence-electron chi connectivity index (χ3n) is 4.03. The van der Waals surface area contributed by atoms with Gasteiger partial charge in [-0.1, -0.05) is 18.9 Å². The number of carbonyl (C=O) groups is 1. The molecule has 1 saturated carbocycles. The molecule has 0 spiro atoms. The van der Waals surface area contributed by atoms with E-state index in [0.29, 0.717) is 12.8 Å². The van der Waals surface area contributed by atoms with Gasteiger partial charge in [0.15, 0.2) is 9.84 Å². The second-order valence-corrected chi connectivity index (χ2v) is 7.83. The predicted octanol–water partition coefficient (Wildman–Crippen LogP) is 2.94. The SMILES string of the molecule is CS(=O)(=O)c1cccc(C(=O)N[C@H]2CCCC[C@@H]2C(F)(F)F)c1. The van der Waals surface area contributed by atoms with Gasteiger partial charge in [-0.2, -0.15) is 13.2 Å². The van der Waals surface area contributed by atoms with E-state index < -0.39 is 33.9 Å². The average Bonchev–Trinajstić information content (AvgIpc) is 2.46. The Morgan fingerprint density at radius 2 is 1.87 bits per heavy atom. The van der Waals surface area contributed by atoms with Crippen molar-refractivity contribution < 1.29 is 26.4 Å². The molecule has 0 saturated heterocycles. The fraction of sp³-hybridized carbons (Fsp3) is 0.533. The molecule has 0 bridgehead atoms. The van der Waals surface area contributed by atoms with Gasteiger partial charge in [0, 0.05) is 17.9 Å². The fourth-order valence-electron chi connectivity index (χ4n) is 2.82. The number of halogens is 3. The number of benzene rings is 1. The minimum absolute atomic E-state index is 0.00216. The van der Waals surface area contributed by atoms with Crippen molar-refractivity contribution in [3.63, 3.8) is 0 Å². The highest BCUT2D eigenvalue weighted by Gasteiger charge is 2.46. The summed E-state index contributed by atoms with van der Waals surface area (Å²) in [5, 5.41) is 2.42. The first-order chi connectivity index (χ1) is 10.6. The molecule has 4 nitrogen and oxygen atoms in total. The van der Waals surface area contributed by atoms with E-state index in [0.717, 1.165) is 6.26 Å². The number of hydrogen-bond acceptors (Lipinski definition) is 3. The molecular weight excluding hydrogens is 331 g/mol. The normalized spacial score (nSPS) is 22.6. The number of sulfone groups is 1. The zero-order valence-electron chi connectivity index (χ0n) is 12.6. The molecule has 0 aliphatic heterocycles. The number of alkyl halides is 3. The summed E-state index contributed by atoms with van der Waals surface area (Å²) in [6, 6.07) is 4.32. The molecule has 23 heavy (non-hydrogen) atoms. The molecule has 0 heterocycles. The van der Waals surface area contributed by atoms with E-state index in [2.05, 4.69) is 5.32 Å². The van der Waals surface area contributed by atoms with E-state index >= 15 is 0 Å². The molecule has 1 fully saturated rings. The van der Waals surface area contributed by atoms with Crippen molar-refractivity contribution >= 4 is 15.7 Å². The summed E-state index contributed by atoms with van der Waals surface area (Å²) in [7, 11) is -3.49. The monoisotopic (exact) mass is 349 g/mol. The first-order valence-electron chi connectivity index (χ1n) is 7.27. The summed E-state index contributed by atoms with van der Waals surface area (Å²) in [5.74, 6) is -2.24. The summed E-state index contributed by atoms with van der Waals surface area (Å²) in [6.45, 7) is 0. The number of carbonyl (C=O) groups excluding carboxylic acids is 1. The molecule has 2 atom stereocenters. The second kappa shape index (κ2) is 6.51. The molecule has 1 aromatic rings. The first-order valence-corrected chi connectivity index (χ1v) is 9.16. The van der Waals surface area contributed by atoms with Crippen LogP contribution in [-0.2, 0) is 9.84 Å². The highest BCUT2D eigenvalue weighted by Crippen LogP contribution is 2.37. The number of nitrogens with one attached hydrogen (secondary N) is 1. The average molecular weight is 349 g/mol. The van der Waals surface area contributed by atoms with Crippen LogP contribution >= 0.6 is 0 Å². The van der Waals surface area contributed by atoms with Crippen LogP contribution in [-0.4, -0.2) is 32.8 Å². The Hall–Kier alpha value is -1.57. The summed E-state index contributed by atoms with van der Waals surface area (Å²) in [4.78, 5) is 12.2. The van der Waals surface area contributed by atoms with Gasteiger partial charge >= 0.3 is 6.18 Å². The van der Waals surface area contributed by atoms with Gasteiger partial charge in [0.25, 0.3) is 5.91 Å². The topological polar surface area (TPSA) is 63.2 Å². The maximum absolute atomic E-state index is 13.0. The largest absolute Gasteiger partial charge is 0.393 e. The Kier molecular flexibility index (Phi) is 5.03. The number of hydrogen-bond donors (Lipinski definition) is 1. The molecule has 0 radical (unpaired) electrons. The van der Waals surface area contributed by atoms with E-state index in [1.807, 2.05) is 0 Å². The smallest absolute Gasteiger partial charge is 0.349 e. The summed E-state index contributed by atoms with van der Waals surface area (Å²) >= 11 is 0. The standard InChI is InChI=1S/C15H18F3NO3S/c1-23(21,22)11-6-4-5-10(9-11)14(20)19-13-8-3-2-7-12(13)15(16,17)18/h4-6,9,12-13H,2-3,7-8H2,1H3,(H,19,20)/t12-,13-/m0/s1. The third-order valence-corrected chi connectivity index (χ3v) is 5.14. The van der Waals surface area contributed by atoms with Gasteiger partial charge in [-0.05, 0) is 31.0 Å². The Morgan fingerprint density at radius 1 is 1.22 bits per heavy atom. The Morgan fingerprint density at radius 3 is 2.48 bits per heavy atom. The van der Waals surface area contributed by atoms with Crippen LogP contribution in [0.25, 0.3) is 0 Å². The van der Waals surface area contributed by atoms with E-state index in [-0.39, 0.29) is 23.3 Å². The van der Waals surface area contributed by atoms with E-state index in [1.165, 1.54) is 24.3 Å². The number of amides is 1. The van der Waals surface area contributed by atoms with Gasteiger partial charge < -0.3 is 5.32 Å². The van der Waals surface area contributed by atoms with Crippen LogP contribution < -0.4 is 5.32 Å². The second-order valence-electron chi connectivity index (χ2n) is 5.81. The maximum atomic E-state index is 13.0. The lowest BCUT2D eigenvalue weighted by atomic mass is 9.84. The van der Waals surface area contributed by atoms with Gasteiger partial charge in [-0.3, -0.25) is 4.79 Å². The van der Waals surface area contributed by atoms with Crippen LogP contribution in [0.3, 0.4) is 0 Å². The Labute approximate surface area is 133 Å². The first kappa shape index (κ1) is 17.8. The molecule has 1 aliphatic carbocycles. The lowest BCUT2D eigenvalue weighted by Gasteiger charge is -2.33. The van der Waals surface area contributed by atoms with Crippen LogP contribution in [0.5, 0.6) is 0 Å². The lowest BCUT2D eigenvalue weighted by Crippen LogP contribution is -2.47. The molecule has 1 aliphatic rings. The maximum Gasteiger partial charge on any atom is 0.393 e. The highest BCUT2D eigenvalue weighted by atomic mass is 32.2. The third kappa shape index (κ3) is 4.46. The van der Waals surface area contributed by atoms with Crippen molar-refractivity contribution in [2.24, 2.45) is 5.92 Å². The number of rotatable bonds is 3. The fourth-order valence-corrected chi connectivity index (χ4v) is 3.48. The molecule has 8 heteroatoms. The van der Waals surface area contributed by atoms with Crippen LogP contribution in [0, 0.1) is 5.92 Å². The van der Waals surface area contributed by atoms with Gasteiger partial charge in [0.05, 0.1) is 10.8 Å². The van der Waals surface area contributed by atoms with E-state index in [9.17, 15) is 26.4 Å². The highest BCUT2D eigenvalue weighted by molar-refractivity contribution is 7.90. The van der Waals surface area contributed by atoms with Crippen molar-refractivity contribution in [2.45, 2.75) is 42.8 Å². The lowest BCUT2D eigenvalue weighted by molar-refractivity contribution is -0.187. The minimum atomic E-state index is -4.35. The minimum Gasteiger partial charge on any atom is -0.349 e. The quantitative estimate of drug-likeness (QED) is 0.913. The molecule has 128 valence electrons. The zero-order chi connectivity index (χ0) is 17.3. The molecule has 0 unspecified atom stereocenters. The van der Waals surface area contributed by atoms with E-state index in [4.69, 9.17) is 0 Å². The molecule has 1 N–H and O–H groups in total. The van der Waals surface area contributed by atoms with Crippen molar-refractivity contribution in [3.05, 3.63) is 29.8 Å². The van der Waals surface area contributed by atoms with Crippen molar-refractivity contribution in [1.82, 2.24) is 5.32 Å². The van der Waals surface area contributed by atoms with Crippen LogP contribution in [0.1, 0.15) is 36.0 Å². The van der Waals surface area contributed by atoms with Gasteiger partial charge in [-0.25, -0.2) is 8.42 Å². The zero-order valence-corrected chi connectivity index (χ0v) is 13.4. The van der Waals surface area contributed by atoms with Crippen LogP contribution in [0.4, 0.5) is 13.2 Å². The molecular formula is C15H18F3NO3S. The van der Waals surface area contributed by atoms with E-state index in [1.54, 1.807) is 0 Å². The van der Waals surface area contributed by atoms with Gasteiger partial charge in [0.1, 0.15) is 0 Å². The van der Waals surface area contributed by atoms with Gasteiger partial charge in [-0.15, -0.1) is 0 Å². The molecule has 0 aromatic heterocycles. The van der Waals surface area contributed by atoms with Crippen molar-refractivity contribution in [3.8, 4) is 0 Å². The van der Waals surface area contributed by atoms with Crippen molar-refractivity contribution in [2.75, 3.05) is 6.26 Å². The van der Waals surface area contributed by atoms with Crippen molar-refractivity contribution in [1.29, 1.82) is 0 Å². The summed E-state index contributed by atoms with van der Waals surface area (Å²) < 4.78 is 62.1. The Bertz CT molecular complexity index is 685. The molecule has 1 aromatic carbocycles. The summed E-state index contributed by atoms with van der Waals surface area (Å²) in [6.07, 6.45) is -1.97. The summed E-state index contributed by atoms with van der Waals surface area (Å²) in [5.41, 5.74) is 0.0411. The Balaban J connectivity index is 2.18. The molecule has 1 amide bonds. The van der Waals surface area contributed by atoms with Crippen LogP contribution in [0.15, 0.2) is 29.2 Å².